The number of thiophene rings is 1. The second-order valence-corrected chi connectivity index (χ2v) is 6.11. The largest absolute Gasteiger partial charge is 0.477 e. The van der Waals surface area contributed by atoms with E-state index in [0.29, 0.717) is 18.0 Å². The van der Waals surface area contributed by atoms with Crippen LogP contribution in [0.2, 0.25) is 5.02 Å². The molecule has 1 aromatic heterocycles. The first-order valence-electron chi connectivity index (χ1n) is 5.95. The fourth-order valence-electron chi connectivity index (χ4n) is 2.24. The Kier molecular flexibility index (Phi) is 3.23. The van der Waals surface area contributed by atoms with Gasteiger partial charge < -0.3 is 10.0 Å². The predicted molar refractivity (Wildman–Crippen MR) is 77.6 cm³/mol. The van der Waals surface area contributed by atoms with Crippen molar-refractivity contribution in [1.82, 2.24) is 0 Å². The number of benzene rings is 1. The van der Waals surface area contributed by atoms with Crippen LogP contribution in [0.3, 0.4) is 0 Å². The van der Waals surface area contributed by atoms with Crippen molar-refractivity contribution in [1.29, 1.82) is 0 Å². The molecule has 0 bridgehead atoms. The van der Waals surface area contributed by atoms with E-state index in [0.717, 1.165) is 16.1 Å². The van der Waals surface area contributed by atoms with E-state index in [2.05, 4.69) is 0 Å². The summed E-state index contributed by atoms with van der Waals surface area (Å²) in [5, 5.41) is 9.50. The highest BCUT2D eigenvalue weighted by Crippen LogP contribution is 2.33. The predicted octanol–water partition coefficient (Wildman–Crippen LogP) is 3.19. The van der Waals surface area contributed by atoms with E-state index in [1.165, 1.54) is 11.3 Å². The SMILES string of the molecule is O=C(O)c1ccc(CN2C(=O)Cc3ccc(Cl)cc32)s1. The summed E-state index contributed by atoms with van der Waals surface area (Å²) in [5.74, 6) is -0.940. The molecular weight excluding hydrogens is 298 g/mol. The van der Waals surface area contributed by atoms with Crippen molar-refractivity contribution in [3.05, 3.63) is 50.7 Å². The van der Waals surface area contributed by atoms with Crippen molar-refractivity contribution in [3.8, 4) is 0 Å². The van der Waals surface area contributed by atoms with Crippen LogP contribution in [0.1, 0.15) is 20.1 Å². The minimum absolute atomic E-state index is 0.00698. The third-order valence-electron chi connectivity index (χ3n) is 3.17. The molecule has 1 aliphatic rings. The van der Waals surface area contributed by atoms with Crippen molar-refractivity contribution < 1.29 is 14.7 Å². The smallest absolute Gasteiger partial charge is 0.345 e. The van der Waals surface area contributed by atoms with Crippen molar-refractivity contribution in [2.45, 2.75) is 13.0 Å². The molecule has 0 saturated carbocycles. The lowest BCUT2D eigenvalue weighted by molar-refractivity contribution is -0.117. The Bertz CT molecular complexity index is 710. The van der Waals surface area contributed by atoms with E-state index in [9.17, 15) is 9.59 Å². The highest BCUT2D eigenvalue weighted by atomic mass is 35.5. The molecule has 0 saturated heterocycles. The minimum Gasteiger partial charge on any atom is -0.477 e. The van der Waals surface area contributed by atoms with Gasteiger partial charge in [-0.25, -0.2) is 4.79 Å². The number of amides is 1. The lowest BCUT2D eigenvalue weighted by atomic mass is 10.2. The molecule has 20 heavy (non-hydrogen) atoms. The normalized spacial score (nSPS) is 13.7. The van der Waals surface area contributed by atoms with Crippen LogP contribution in [0.5, 0.6) is 0 Å². The van der Waals surface area contributed by atoms with Gasteiger partial charge in [0.2, 0.25) is 5.91 Å². The van der Waals surface area contributed by atoms with Crippen molar-refractivity contribution in [3.63, 3.8) is 0 Å². The third-order valence-corrected chi connectivity index (χ3v) is 4.46. The molecule has 6 heteroatoms. The number of carbonyl (C=O) groups is 2. The van der Waals surface area contributed by atoms with Gasteiger partial charge in [0.15, 0.2) is 0 Å². The average molecular weight is 308 g/mol. The highest BCUT2D eigenvalue weighted by Gasteiger charge is 2.27. The standard InChI is InChI=1S/C14H10ClNO3S/c15-9-2-1-8-5-13(17)16(11(8)6-9)7-10-3-4-12(20-10)14(18)19/h1-4,6H,5,7H2,(H,18,19). The number of fused-ring (bicyclic) bond motifs is 1. The number of aromatic carboxylic acids is 1. The van der Waals surface area contributed by atoms with Crippen molar-refractivity contribution in [2.75, 3.05) is 4.90 Å². The molecule has 0 unspecified atom stereocenters. The zero-order valence-corrected chi connectivity index (χ0v) is 11.9. The van der Waals surface area contributed by atoms with Gasteiger partial charge in [0.25, 0.3) is 0 Å². The Hall–Kier alpha value is -1.85. The maximum atomic E-state index is 12.1. The lowest BCUT2D eigenvalue weighted by Crippen LogP contribution is -2.25. The topological polar surface area (TPSA) is 57.6 Å². The van der Waals surface area contributed by atoms with Crippen LogP contribution in [0.25, 0.3) is 0 Å². The Morgan fingerprint density at radius 3 is 2.85 bits per heavy atom. The number of hydrogen-bond donors (Lipinski definition) is 1. The molecule has 0 fully saturated rings. The maximum Gasteiger partial charge on any atom is 0.345 e. The maximum absolute atomic E-state index is 12.1. The van der Waals surface area contributed by atoms with Gasteiger partial charge in [-0.2, -0.15) is 0 Å². The summed E-state index contributed by atoms with van der Waals surface area (Å²) in [6.45, 7) is 0.379. The minimum atomic E-state index is -0.947. The van der Waals surface area contributed by atoms with Gasteiger partial charge in [0.1, 0.15) is 4.88 Å². The van der Waals surface area contributed by atoms with Crippen LogP contribution in [0.15, 0.2) is 30.3 Å². The number of carbonyl (C=O) groups excluding carboxylic acids is 1. The van der Waals surface area contributed by atoms with E-state index in [1.807, 2.05) is 6.07 Å². The van der Waals surface area contributed by atoms with Gasteiger partial charge in [0, 0.05) is 15.6 Å². The lowest BCUT2D eigenvalue weighted by Gasteiger charge is -2.16. The molecule has 4 nitrogen and oxygen atoms in total. The zero-order valence-electron chi connectivity index (χ0n) is 10.3. The van der Waals surface area contributed by atoms with Crippen molar-refractivity contribution >= 4 is 40.5 Å². The highest BCUT2D eigenvalue weighted by molar-refractivity contribution is 7.13. The van der Waals surface area contributed by atoms with E-state index in [4.69, 9.17) is 16.7 Å². The number of rotatable bonds is 3. The van der Waals surface area contributed by atoms with Gasteiger partial charge in [-0.1, -0.05) is 17.7 Å². The zero-order chi connectivity index (χ0) is 14.3. The van der Waals surface area contributed by atoms with Crippen LogP contribution >= 0.6 is 22.9 Å². The van der Waals surface area contributed by atoms with Gasteiger partial charge in [-0.05, 0) is 29.8 Å². The number of carboxylic acids is 1. The van der Waals surface area contributed by atoms with Crippen LogP contribution in [0.4, 0.5) is 5.69 Å². The summed E-state index contributed by atoms with van der Waals surface area (Å²) in [4.78, 5) is 25.7. The molecule has 0 spiro atoms. The molecule has 2 aromatic rings. The van der Waals surface area contributed by atoms with E-state index in [-0.39, 0.29) is 10.8 Å². The van der Waals surface area contributed by atoms with Crippen LogP contribution in [-0.2, 0) is 17.8 Å². The Labute approximate surface area is 124 Å². The molecule has 1 aliphatic heterocycles. The number of halogens is 1. The Balaban J connectivity index is 1.89. The van der Waals surface area contributed by atoms with Gasteiger partial charge in [-0.3, -0.25) is 4.79 Å². The molecular formula is C14H10ClNO3S. The van der Waals surface area contributed by atoms with Crippen LogP contribution < -0.4 is 4.90 Å². The molecule has 0 atom stereocenters. The summed E-state index contributed by atoms with van der Waals surface area (Å²) in [7, 11) is 0. The van der Waals surface area contributed by atoms with Crippen LogP contribution in [0, 0.1) is 0 Å². The number of anilines is 1. The fourth-order valence-corrected chi connectivity index (χ4v) is 3.24. The molecule has 1 amide bonds. The third kappa shape index (κ3) is 2.30. The summed E-state index contributed by atoms with van der Waals surface area (Å²) in [6.07, 6.45) is 0.365. The Morgan fingerprint density at radius 1 is 1.35 bits per heavy atom. The van der Waals surface area contributed by atoms with E-state index in [1.54, 1.807) is 29.2 Å². The first-order valence-corrected chi connectivity index (χ1v) is 7.15. The van der Waals surface area contributed by atoms with Gasteiger partial charge >= 0.3 is 5.97 Å². The second kappa shape index (κ2) is 4.92. The quantitative estimate of drug-likeness (QED) is 0.947. The summed E-state index contributed by atoms with van der Waals surface area (Å²) < 4.78 is 0. The monoisotopic (exact) mass is 307 g/mol. The average Bonchev–Trinajstić information content (AvgIpc) is 2.97. The molecule has 0 radical (unpaired) electrons. The Morgan fingerprint density at radius 2 is 2.15 bits per heavy atom. The number of hydrogen-bond acceptors (Lipinski definition) is 3. The molecule has 1 aromatic carbocycles. The summed E-state index contributed by atoms with van der Waals surface area (Å²) in [5.41, 5.74) is 1.77. The molecule has 102 valence electrons. The van der Waals surface area contributed by atoms with Gasteiger partial charge in [0.05, 0.1) is 13.0 Å². The molecule has 1 N–H and O–H groups in total. The number of carboxylic acid groups (broad SMARTS) is 1. The number of nitrogens with zero attached hydrogens (tertiary/aromatic N) is 1. The molecule has 3 rings (SSSR count). The first-order chi connectivity index (χ1) is 9.54. The van der Waals surface area contributed by atoms with Gasteiger partial charge in [-0.15, -0.1) is 11.3 Å². The summed E-state index contributed by atoms with van der Waals surface area (Å²) >= 11 is 7.15. The first kappa shape index (κ1) is 13.1. The van der Waals surface area contributed by atoms with E-state index < -0.39 is 5.97 Å². The fraction of sp³-hybridized carbons (Fsp3) is 0.143. The van der Waals surface area contributed by atoms with Crippen molar-refractivity contribution in [2.24, 2.45) is 0 Å². The second-order valence-electron chi connectivity index (χ2n) is 4.50. The summed E-state index contributed by atoms with van der Waals surface area (Å²) in [6, 6.07) is 8.69. The molecule has 2 heterocycles. The molecule has 0 aliphatic carbocycles. The van der Waals surface area contributed by atoms with E-state index >= 15 is 0 Å². The van der Waals surface area contributed by atoms with Crippen LogP contribution in [-0.4, -0.2) is 17.0 Å².